The van der Waals surface area contributed by atoms with Gasteiger partial charge in [-0.25, -0.2) is 0 Å². The molecule has 4 nitrogen and oxygen atoms in total. The lowest BCUT2D eigenvalue weighted by molar-refractivity contribution is -0.137. The molecule has 1 heterocycles. The number of benzene rings is 2. The Balaban J connectivity index is 1.99. The van der Waals surface area contributed by atoms with Gasteiger partial charge in [-0.05, 0) is 23.8 Å². The fourth-order valence-corrected chi connectivity index (χ4v) is 2.93. The second-order valence-electron chi connectivity index (χ2n) is 5.58. The standard InChI is InChI=1S/C18H13F3N2O2/c1-25-12-7-5-11(6-8-12)10-23-15(9-22)13-3-2-4-14(18(19,20)21)16(13)17(23)24/h2-8,15H,10H2,1H3. The van der Waals surface area contributed by atoms with Crippen LogP contribution in [0.2, 0.25) is 0 Å². The van der Waals surface area contributed by atoms with E-state index in [1.807, 2.05) is 6.07 Å². The number of carbonyl (C=O) groups excluding carboxylic acids is 1. The molecule has 0 saturated heterocycles. The summed E-state index contributed by atoms with van der Waals surface area (Å²) in [7, 11) is 1.51. The number of hydrogen-bond donors (Lipinski definition) is 0. The highest BCUT2D eigenvalue weighted by atomic mass is 19.4. The molecule has 0 radical (unpaired) electrons. The highest BCUT2D eigenvalue weighted by Crippen LogP contribution is 2.41. The van der Waals surface area contributed by atoms with Crippen LogP contribution in [-0.2, 0) is 12.7 Å². The van der Waals surface area contributed by atoms with Crippen molar-refractivity contribution in [3.05, 3.63) is 64.7 Å². The van der Waals surface area contributed by atoms with Crippen LogP contribution < -0.4 is 4.74 Å². The first-order chi connectivity index (χ1) is 11.9. The molecule has 1 amide bonds. The molecule has 3 rings (SSSR count). The smallest absolute Gasteiger partial charge is 0.417 e. The lowest BCUT2D eigenvalue weighted by Crippen LogP contribution is -2.27. The van der Waals surface area contributed by atoms with Gasteiger partial charge in [-0.15, -0.1) is 0 Å². The van der Waals surface area contributed by atoms with Gasteiger partial charge in [-0.2, -0.15) is 18.4 Å². The van der Waals surface area contributed by atoms with Crippen LogP contribution in [0.5, 0.6) is 5.75 Å². The minimum absolute atomic E-state index is 0.0348. The molecule has 0 aromatic heterocycles. The molecule has 128 valence electrons. The molecule has 0 saturated carbocycles. The van der Waals surface area contributed by atoms with E-state index in [0.29, 0.717) is 11.3 Å². The zero-order valence-electron chi connectivity index (χ0n) is 13.2. The molecule has 0 aliphatic carbocycles. The molecule has 2 aromatic carbocycles. The Hall–Kier alpha value is -3.01. The molecule has 1 aliphatic heterocycles. The van der Waals surface area contributed by atoms with Crippen LogP contribution in [0.3, 0.4) is 0 Å². The third-order valence-corrected chi connectivity index (χ3v) is 4.12. The van der Waals surface area contributed by atoms with Gasteiger partial charge in [-0.3, -0.25) is 4.79 Å². The van der Waals surface area contributed by atoms with Crippen LogP contribution in [0, 0.1) is 11.3 Å². The fraction of sp³-hybridized carbons (Fsp3) is 0.222. The SMILES string of the molecule is COc1ccc(CN2C(=O)c3c(cccc3C(F)(F)F)C2C#N)cc1. The fourth-order valence-electron chi connectivity index (χ4n) is 2.93. The first-order valence-electron chi connectivity index (χ1n) is 7.40. The van der Waals surface area contributed by atoms with E-state index in [-0.39, 0.29) is 12.1 Å². The zero-order chi connectivity index (χ0) is 18.2. The maximum absolute atomic E-state index is 13.2. The second-order valence-corrected chi connectivity index (χ2v) is 5.58. The van der Waals surface area contributed by atoms with E-state index in [2.05, 4.69) is 0 Å². The number of carbonyl (C=O) groups is 1. The van der Waals surface area contributed by atoms with Gasteiger partial charge in [0.25, 0.3) is 5.91 Å². The average Bonchev–Trinajstić information content (AvgIpc) is 2.86. The molecule has 1 aliphatic rings. The number of halogens is 3. The van der Waals surface area contributed by atoms with Gasteiger partial charge < -0.3 is 9.64 Å². The first-order valence-corrected chi connectivity index (χ1v) is 7.40. The van der Waals surface area contributed by atoms with E-state index in [1.165, 1.54) is 19.2 Å². The largest absolute Gasteiger partial charge is 0.497 e. The minimum atomic E-state index is -4.66. The number of hydrogen-bond acceptors (Lipinski definition) is 3. The van der Waals surface area contributed by atoms with Gasteiger partial charge in [-0.1, -0.05) is 24.3 Å². The number of ether oxygens (including phenoxy) is 1. The number of nitriles is 1. The van der Waals surface area contributed by atoms with Crippen molar-refractivity contribution in [1.82, 2.24) is 4.90 Å². The summed E-state index contributed by atoms with van der Waals surface area (Å²) in [6.07, 6.45) is -4.66. The van der Waals surface area contributed by atoms with Crippen molar-refractivity contribution in [2.75, 3.05) is 7.11 Å². The summed E-state index contributed by atoms with van der Waals surface area (Å²) in [5.74, 6) is -0.165. The number of rotatable bonds is 3. The Morgan fingerprint density at radius 2 is 1.88 bits per heavy atom. The predicted octanol–water partition coefficient (Wildman–Crippen LogP) is 3.93. The van der Waals surface area contributed by atoms with Crippen molar-refractivity contribution in [3.8, 4) is 11.8 Å². The predicted molar refractivity (Wildman–Crippen MR) is 82.7 cm³/mol. The van der Waals surface area contributed by atoms with E-state index in [9.17, 15) is 23.2 Å². The summed E-state index contributed by atoms with van der Waals surface area (Å²) in [6, 6.07) is 11.1. The lowest BCUT2D eigenvalue weighted by atomic mass is 10.00. The molecule has 7 heteroatoms. The minimum Gasteiger partial charge on any atom is -0.497 e. The highest BCUT2D eigenvalue weighted by molar-refractivity contribution is 6.01. The van der Waals surface area contributed by atoms with Crippen LogP contribution >= 0.6 is 0 Å². The zero-order valence-corrected chi connectivity index (χ0v) is 13.2. The molecular weight excluding hydrogens is 333 g/mol. The molecular formula is C18H13F3N2O2. The third kappa shape index (κ3) is 2.91. The summed E-state index contributed by atoms with van der Waals surface area (Å²) < 4.78 is 44.7. The van der Waals surface area contributed by atoms with E-state index in [4.69, 9.17) is 4.74 Å². The van der Waals surface area contributed by atoms with Crippen molar-refractivity contribution in [3.63, 3.8) is 0 Å². The summed E-state index contributed by atoms with van der Waals surface area (Å²) in [5, 5.41) is 9.41. The van der Waals surface area contributed by atoms with Crippen molar-refractivity contribution in [2.24, 2.45) is 0 Å². The van der Waals surface area contributed by atoms with Gasteiger partial charge in [0.2, 0.25) is 0 Å². The van der Waals surface area contributed by atoms with Crippen molar-refractivity contribution in [1.29, 1.82) is 5.26 Å². The number of fused-ring (bicyclic) bond motifs is 1. The van der Waals surface area contributed by atoms with E-state index < -0.39 is 29.3 Å². The molecule has 0 N–H and O–H groups in total. The Labute approximate surface area is 142 Å². The highest BCUT2D eigenvalue weighted by Gasteiger charge is 2.44. The molecule has 2 aromatic rings. The van der Waals surface area contributed by atoms with E-state index >= 15 is 0 Å². The Kier molecular flexibility index (Phi) is 4.13. The Morgan fingerprint density at radius 3 is 2.44 bits per heavy atom. The maximum Gasteiger partial charge on any atom is 0.417 e. The quantitative estimate of drug-likeness (QED) is 0.846. The molecule has 1 unspecified atom stereocenters. The maximum atomic E-state index is 13.2. The lowest BCUT2D eigenvalue weighted by Gasteiger charge is -2.20. The third-order valence-electron chi connectivity index (χ3n) is 4.12. The topological polar surface area (TPSA) is 53.3 Å². The van der Waals surface area contributed by atoms with Crippen LogP contribution in [0.1, 0.15) is 33.1 Å². The summed E-state index contributed by atoms with van der Waals surface area (Å²) in [5.41, 5.74) is -0.658. The van der Waals surface area contributed by atoms with Gasteiger partial charge in [0.1, 0.15) is 11.8 Å². The van der Waals surface area contributed by atoms with Crippen LogP contribution in [0.25, 0.3) is 0 Å². The Morgan fingerprint density at radius 1 is 1.20 bits per heavy atom. The summed E-state index contributed by atoms with van der Waals surface area (Å²) in [4.78, 5) is 13.8. The number of alkyl halides is 3. The van der Waals surface area contributed by atoms with Crippen LogP contribution in [0.4, 0.5) is 13.2 Å². The monoisotopic (exact) mass is 346 g/mol. The molecule has 0 fully saturated rings. The molecule has 1 atom stereocenters. The van der Waals surface area contributed by atoms with Crippen molar-refractivity contribution in [2.45, 2.75) is 18.8 Å². The van der Waals surface area contributed by atoms with Crippen molar-refractivity contribution >= 4 is 5.91 Å². The second kappa shape index (κ2) is 6.13. The van der Waals surface area contributed by atoms with Gasteiger partial charge >= 0.3 is 6.18 Å². The van der Waals surface area contributed by atoms with Crippen LogP contribution in [0.15, 0.2) is 42.5 Å². The number of amides is 1. The summed E-state index contributed by atoms with van der Waals surface area (Å²) >= 11 is 0. The Bertz CT molecular complexity index is 854. The average molecular weight is 346 g/mol. The van der Waals surface area contributed by atoms with E-state index in [0.717, 1.165) is 11.0 Å². The van der Waals surface area contributed by atoms with Gasteiger partial charge in [0, 0.05) is 12.1 Å². The number of nitrogens with zero attached hydrogens (tertiary/aromatic N) is 2. The van der Waals surface area contributed by atoms with Gasteiger partial charge in [0.05, 0.1) is 24.3 Å². The molecule has 0 bridgehead atoms. The summed E-state index contributed by atoms with van der Waals surface area (Å²) in [6.45, 7) is 0.0348. The normalized spacial score (nSPS) is 16.5. The molecule has 0 spiro atoms. The number of methoxy groups -OCH3 is 1. The van der Waals surface area contributed by atoms with Crippen molar-refractivity contribution < 1.29 is 22.7 Å². The first kappa shape index (κ1) is 16.8. The molecule has 25 heavy (non-hydrogen) atoms. The van der Waals surface area contributed by atoms with E-state index in [1.54, 1.807) is 24.3 Å². The van der Waals surface area contributed by atoms with Gasteiger partial charge in [0.15, 0.2) is 0 Å². The van der Waals surface area contributed by atoms with Crippen LogP contribution in [-0.4, -0.2) is 17.9 Å².